The molecule has 0 unspecified atom stereocenters. The van der Waals surface area contributed by atoms with Gasteiger partial charge in [0.2, 0.25) is 0 Å². The molecule has 0 aliphatic carbocycles. The van der Waals surface area contributed by atoms with Gasteiger partial charge in [-0.25, -0.2) is 0 Å². The zero-order valence-corrected chi connectivity index (χ0v) is 19.9. The van der Waals surface area contributed by atoms with Crippen molar-refractivity contribution < 1.29 is 4.79 Å². The molecule has 31 heavy (non-hydrogen) atoms. The lowest BCUT2D eigenvalue weighted by Gasteiger charge is -2.38. The maximum atomic E-state index is 13.0. The molecular weight excluding hydrogens is 431 g/mol. The number of benzene rings is 2. The van der Waals surface area contributed by atoms with Crippen LogP contribution in [0.25, 0.3) is 0 Å². The second-order valence-corrected chi connectivity index (χ2v) is 8.55. The quantitative estimate of drug-likeness (QED) is 0.750. The first-order chi connectivity index (χ1) is 14.0. The third kappa shape index (κ3) is 5.72. The fourth-order valence-corrected chi connectivity index (χ4v) is 4.54. The third-order valence-electron chi connectivity index (χ3n) is 6.40. The summed E-state index contributed by atoms with van der Waals surface area (Å²) < 4.78 is 0. The van der Waals surface area contributed by atoms with E-state index >= 15 is 0 Å². The minimum atomic E-state index is -0.0159. The second kappa shape index (κ2) is 11.2. The summed E-state index contributed by atoms with van der Waals surface area (Å²) in [6.45, 7) is 10.0. The minimum absolute atomic E-state index is 0. The second-order valence-electron chi connectivity index (χ2n) is 8.55. The van der Waals surface area contributed by atoms with Crippen molar-refractivity contribution in [1.82, 2.24) is 9.80 Å². The van der Waals surface area contributed by atoms with Crippen LogP contribution in [0.2, 0.25) is 0 Å². The highest BCUT2D eigenvalue weighted by Crippen LogP contribution is 2.28. The van der Waals surface area contributed by atoms with Gasteiger partial charge >= 0.3 is 0 Å². The molecule has 2 aliphatic rings. The highest BCUT2D eigenvalue weighted by atomic mass is 35.5. The zero-order valence-electron chi connectivity index (χ0n) is 18.3. The summed E-state index contributed by atoms with van der Waals surface area (Å²) in [7, 11) is 0. The Labute approximate surface area is 198 Å². The first kappa shape index (κ1) is 25.5. The number of nitrogens with zero attached hydrogens (tertiary/aromatic N) is 3. The zero-order chi connectivity index (χ0) is 20.4. The lowest BCUT2D eigenvalue weighted by atomic mass is 9.95. The summed E-state index contributed by atoms with van der Waals surface area (Å²) in [5.74, 6) is 0.284. The molecule has 0 bridgehead atoms. The number of anilines is 1. The number of amides is 1. The van der Waals surface area contributed by atoms with Gasteiger partial charge in [-0.15, -0.1) is 24.8 Å². The van der Waals surface area contributed by atoms with Crippen molar-refractivity contribution in [1.29, 1.82) is 0 Å². The number of carbonyl (C=O) groups excluding carboxylic acids is 1. The number of piperazine rings is 1. The first-order valence-electron chi connectivity index (χ1n) is 10.7. The van der Waals surface area contributed by atoms with Crippen LogP contribution in [-0.2, 0) is 0 Å². The summed E-state index contributed by atoms with van der Waals surface area (Å²) in [4.78, 5) is 19.8. The van der Waals surface area contributed by atoms with Gasteiger partial charge in [-0.1, -0.05) is 30.3 Å². The summed E-state index contributed by atoms with van der Waals surface area (Å²) in [6.07, 6.45) is 0. The molecule has 2 aromatic rings. The van der Waals surface area contributed by atoms with E-state index in [0.717, 1.165) is 31.7 Å². The van der Waals surface area contributed by atoms with Gasteiger partial charge in [0.15, 0.2) is 0 Å². The van der Waals surface area contributed by atoms with E-state index in [9.17, 15) is 4.79 Å². The SMILES string of the molecule is CC(C)N1CCN(c2ccc(C(=O)N3C[C@@H](N)[C@H](c4ccccc4)C3)cc2)CC1.Cl.Cl. The van der Waals surface area contributed by atoms with E-state index in [1.54, 1.807) is 0 Å². The van der Waals surface area contributed by atoms with Crippen LogP contribution in [0.3, 0.4) is 0 Å². The number of likely N-dealkylation sites (tertiary alicyclic amines) is 1. The summed E-state index contributed by atoms with van der Waals surface area (Å²) >= 11 is 0. The Kier molecular flexibility index (Phi) is 9.19. The van der Waals surface area contributed by atoms with Crippen molar-refractivity contribution in [2.24, 2.45) is 5.73 Å². The molecule has 2 N–H and O–H groups in total. The summed E-state index contributed by atoms with van der Waals surface area (Å²) in [6, 6.07) is 19.0. The van der Waals surface area contributed by atoms with Crippen LogP contribution < -0.4 is 10.6 Å². The molecule has 0 aromatic heterocycles. The Morgan fingerprint density at radius 2 is 1.52 bits per heavy atom. The number of hydrogen-bond acceptors (Lipinski definition) is 4. The topological polar surface area (TPSA) is 52.8 Å². The van der Waals surface area contributed by atoms with E-state index in [4.69, 9.17) is 5.73 Å². The van der Waals surface area contributed by atoms with Crippen LogP contribution in [0.4, 0.5) is 5.69 Å². The van der Waals surface area contributed by atoms with E-state index < -0.39 is 0 Å². The molecule has 2 aliphatic heterocycles. The van der Waals surface area contributed by atoms with Crippen LogP contribution in [0.15, 0.2) is 54.6 Å². The van der Waals surface area contributed by atoms with Crippen LogP contribution in [0.5, 0.6) is 0 Å². The van der Waals surface area contributed by atoms with E-state index in [1.807, 2.05) is 35.2 Å². The highest BCUT2D eigenvalue weighted by Gasteiger charge is 2.34. The largest absolute Gasteiger partial charge is 0.369 e. The molecule has 2 saturated heterocycles. The third-order valence-corrected chi connectivity index (χ3v) is 6.40. The molecule has 0 radical (unpaired) electrons. The minimum Gasteiger partial charge on any atom is -0.369 e. The smallest absolute Gasteiger partial charge is 0.253 e. The Morgan fingerprint density at radius 3 is 2.10 bits per heavy atom. The number of halogens is 2. The number of hydrogen-bond donors (Lipinski definition) is 1. The van der Waals surface area contributed by atoms with Gasteiger partial charge in [0.1, 0.15) is 0 Å². The average Bonchev–Trinajstić information content (AvgIpc) is 3.15. The van der Waals surface area contributed by atoms with Crippen LogP contribution in [0, 0.1) is 0 Å². The normalized spacial score (nSPS) is 21.5. The summed E-state index contributed by atoms with van der Waals surface area (Å²) in [5.41, 5.74) is 9.53. The Morgan fingerprint density at radius 1 is 0.903 bits per heavy atom. The van der Waals surface area contributed by atoms with Gasteiger partial charge < -0.3 is 15.5 Å². The summed E-state index contributed by atoms with van der Waals surface area (Å²) in [5, 5.41) is 0. The monoisotopic (exact) mass is 464 g/mol. The fraction of sp³-hybridized carbons (Fsp3) is 0.458. The van der Waals surface area contributed by atoms with Gasteiger partial charge in [0, 0.05) is 68.5 Å². The van der Waals surface area contributed by atoms with Gasteiger partial charge in [0.25, 0.3) is 5.91 Å². The Bertz CT molecular complexity index is 823. The molecule has 2 aromatic carbocycles. The Hall–Kier alpha value is -1.79. The maximum Gasteiger partial charge on any atom is 0.253 e. The first-order valence-corrected chi connectivity index (χ1v) is 10.7. The average molecular weight is 465 g/mol. The van der Waals surface area contributed by atoms with Crippen LogP contribution in [0.1, 0.15) is 35.7 Å². The molecule has 5 nitrogen and oxygen atoms in total. The van der Waals surface area contributed by atoms with Gasteiger partial charge in [-0.05, 0) is 43.7 Å². The van der Waals surface area contributed by atoms with E-state index in [-0.39, 0.29) is 42.7 Å². The van der Waals surface area contributed by atoms with Gasteiger partial charge in [-0.2, -0.15) is 0 Å². The number of nitrogens with two attached hydrogens (primary N) is 1. The van der Waals surface area contributed by atoms with Crippen molar-refractivity contribution in [3.63, 3.8) is 0 Å². The van der Waals surface area contributed by atoms with Gasteiger partial charge in [0.05, 0.1) is 0 Å². The molecule has 0 saturated carbocycles. The molecule has 4 rings (SSSR count). The van der Waals surface area contributed by atoms with Crippen molar-refractivity contribution in [2.45, 2.75) is 31.8 Å². The lowest BCUT2D eigenvalue weighted by Crippen LogP contribution is -2.48. The predicted molar refractivity (Wildman–Crippen MR) is 133 cm³/mol. The molecule has 2 fully saturated rings. The number of carbonyl (C=O) groups is 1. The maximum absolute atomic E-state index is 13.0. The van der Waals surface area contributed by atoms with E-state index in [2.05, 4.69) is 47.9 Å². The predicted octanol–water partition coefficient (Wildman–Crippen LogP) is 3.63. The van der Waals surface area contributed by atoms with E-state index in [0.29, 0.717) is 19.1 Å². The van der Waals surface area contributed by atoms with Crippen LogP contribution in [-0.4, -0.2) is 67.1 Å². The molecule has 0 spiro atoms. The standard InChI is InChI=1S/C24H32N4O.2ClH/c1-18(2)26-12-14-27(15-13-26)21-10-8-20(9-11-21)24(29)28-16-22(23(25)17-28)19-6-4-3-5-7-19;;/h3-11,18,22-23H,12-17,25H2,1-2H3;2*1H/t22-,23+;;/m0../s1. The molecule has 2 atom stereocenters. The molecule has 2 heterocycles. The van der Waals surface area contributed by atoms with Crippen molar-refractivity contribution in [3.8, 4) is 0 Å². The van der Waals surface area contributed by atoms with E-state index in [1.165, 1.54) is 11.3 Å². The van der Waals surface area contributed by atoms with Crippen molar-refractivity contribution in [2.75, 3.05) is 44.2 Å². The fourth-order valence-electron chi connectivity index (χ4n) is 4.54. The van der Waals surface area contributed by atoms with Crippen molar-refractivity contribution >= 4 is 36.4 Å². The highest BCUT2D eigenvalue weighted by molar-refractivity contribution is 5.95. The molecule has 7 heteroatoms. The number of rotatable bonds is 4. The lowest BCUT2D eigenvalue weighted by molar-refractivity contribution is 0.0789. The van der Waals surface area contributed by atoms with Crippen LogP contribution >= 0.6 is 24.8 Å². The Balaban J connectivity index is 0.00000171. The van der Waals surface area contributed by atoms with Crippen molar-refractivity contribution in [3.05, 3.63) is 65.7 Å². The molecule has 170 valence electrons. The van der Waals surface area contributed by atoms with Gasteiger partial charge in [-0.3, -0.25) is 9.69 Å². The molecular formula is C24H34Cl2N4O. The molecule has 1 amide bonds.